The molecule has 2 aliphatic rings. The molecule has 4 nitrogen and oxygen atoms in total. The fraction of sp³-hybridized carbons (Fsp3) is 0.667. The van der Waals surface area contributed by atoms with E-state index in [9.17, 15) is 10.1 Å². The zero-order valence-corrected chi connectivity index (χ0v) is 10.8. The number of ether oxygens (including phenoxy) is 1. The molecule has 0 amide bonds. The smallest absolute Gasteiger partial charge is 0.179 e. The normalized spacial score (nSPS) is 21.8. The Balaban J connectivity index is 2.21. The van der Waals surface area contributed by atoms with E-state index in [2.05, 4.69) is 11.0 Å². The Kier molecular flexibility index (Phi) is 4.08. The van der Waals surface area contributed by atoms with Gasteiger partial charge in [-0.3, -0.25) is 4.79 Å². The molecular weight excluding hydrogens is 236 g/mol. The molecule has 1 aliphatic carbocycles. The van der Waals surface area contributed by atoms with Crippen molar-refractivity contribution in [3.8, 4) is 6.07 Å². The van der Waals surface area contributed by atoms with Crippen molar-refractivity contribution in [2.24, 2.45) is 5.92 Å². The van der Waals surface area contributed by atoms with Gasteiger partial charge in [0, 0.05) is 19.0 Å². The summed E-state index contributed by atoms with van der Waals surface area (Å²) < 4.78 is 5.29. The third-order valence-corrected chi connectivity index (χ3v) is 3.86. The van der Waals surface area contributed by atoms with Gasteiger partial charge in [-0.25, -0.2) is 0 Å². The number of allylic oxidation sites excluding steroid dienone is 1. The van der Waals surface area contributed by atoms with E-state index in [1.807, 2.05) is 6.26 Å². The van der Waals surface area contributed by atoms with Crippen LogP contribution in [0.15, 0.2) is 10.6 Å². The topological polar surface area (TPSA) is 53.3 Å². The predicted molar refractivity (Wildman–Crippen MR) is 66.3 cm³/mol. The second kappa shape index (κ2) is 5.56. The maximum absolute atomic E-state index is 12.0. The first kappa shape index (κ1) is 12.5. The van der Waals surface area contributed by atoms with Crippen LogP contribution in [0.3, 0.4) is 0 Å². The highest BCUT2D eigenvalue weighted by atomic mass is 32.2. The average Bonchev–Trinajstić information content (AvgIpc) is 3.20. The Bertz CT molecular complexity index is 376. The Hall–Kier alpha value is -0.990. The van der Waals surface area contributed by atoms with Crippen LogP contribution in [0.25, 0.3) is 0 Å². The Morgan fingerprint density at radius 3 is 2.53 bits per heavy atom. The molecule has 1 saturated heterocycles. The summed E-state index contributed by atoms with van der Waals surface area (Å²) in [4.78, 5) is 14.1. The van der Waals surface area contributed by atoms with Gasteiger partial charge >= 0.3 is 0 Å². The van der Waals surface area contributed by atoms with E-state index in [1.54, 1.807) is 0 Å². The van der Waals surface area contributed by atoms with E-state index in [1.165, 1.54) is 11.8 Å². The summed E-state index contributed by atoms with van der Waals surface area (Å²) >= 11 is 1.49. The molecule has 0 aromatic heterocycles. The number of ketones is 1. The molecule has 1 saturated carbocycles. The molecular formula is C12H16N2O2S. The van der Waals surface area contributed by atoms with Gasteiger partial charge in [0.15, 0.2) is 5.78 Å². The van der Waals surface area contributed by atoms with Crippen molar-refractivity contribution < 1.29 is 9.53 Å². The number of nitrogens with zero attached hydrogens (tertiary/aromatic N) is 2. The van der Waals surface area contributed by atoms with Crippen molar-refractivity contribution >= 4 is 17.5 Å². The molecule has 2 fully saturated rings. The number of carbonyl (C=O) groups excluding carboxylic acids is 1. The van der Waals surface area contributed by atoms with E-state index in [4.69, 9.17) is 4.74 Å². The molecule has 2 rings (SSSR count). The Labute approximate surface area is 106 Å². The van der Waals surface area contributed by atoms with Gasteiger partial charge < -0.3 is 9.64 Å². The van der Waals surface area contributed by atoms with E-state index >= 15 is 0 Å². The summed E-state index contributed by atoms with van der Waals surface area (Å²) in [5.41, 5.74) is 0.349. The summed E-state index contributed by atoms with van der Waals surface area (Å²) in [6, 6.07) is 2.10. The van der Waals surface area contributed by atoms with Crippen molar-refractivity contribution in [3.63, 3.8) is 0 Å². The molecule has 0 spiro atoms. The minimum Gasteiger partial charge on any atom is -0.378 e. The van der Waals surface area contributed by atoms with Gasteiger partial charge in [0.25, 0.3) is 0 Å². The molecule has 0 aromatic rings. The molecule has 0 bridgehead atoms. The molecule has 92 valence electrons. The van der Waals surface area contributed by atoms with E-state index in [0.29, 0.717) is 18.8 Å². The number of thioether (sulfide) groups is 1. The molecule has 0 N–H and O–H groups in total. The van der Waals surface area contributed by atoms with Gasteiger partial charge in [-0.15, -0.1) is 11.8 Å². The van der Waals surface area contributed by atoms with Crippen LogP contribution in [0.4, 0.5) is 0 Å². The SMILES string of the molecule is CS/C(=C(\C#N)C(=O)C1CC1)N1CCOCC1. The maximum Gasteiger partial charge on any atom is 0.179 e. The molecule has 0 aromatic carbocycles. The fourth-order valence-electron chi connectivity index (χ4n) is 1.91. The summed E-state index contributed by atoms with van der Waals surface area (Å²) in [7, 11) is 0. The number of rotatable bonds is 4. The average molecular weight is 252 g/mol. The highest BCUT2D eigenvalue weighted by Gasteiger charge is 2.34. The first-order chi connectivity index (χ1) is 8.27. The number of hydrogen-bond acceptors (Lipinski definition) is 5. The van der Waals surface area contributed by atoms with Gasteiger partial charge in [-0.1, -0.05) is 0 Å². The fourth-order valence-corrected chi connectivity index (χ4v) is 2.70. The van der Waals surface area contributed by atoms with Crippen LogP contribution in [0.5, 0.6) is 0 Å². The largest absolute Gasteiger partial charge is 0.378 e. The number of hydrogen-bond donors (Lipinski definition) is 0. The first-order valence-corrected chi connectivity index (χ1v) is 7.05. The van der Waals surface area contributed by atoms with Gasteiger partial charge in [-0.05, 0) is 19.1 Å². The minimum absolute atomic E-state index is 0.0309. The lowest BCUT2D eigenvalue weighted by Gasteiger charge is -2.30. The number of Topliss-reactive ketones (excluding diaryl/α,β-unsaturated/α-hetero) is 1. The lowest BCUT2D eigenvalue weighted by molar-refractivity contribution is -0.116. The quantitative estimate of drug-likeness (QED) is 0.559. The summed E-state index contributed by atoms with van der Waals surface area (Å²) in [5.74, 6) is 0.135. The van der Waals surface area contributed by atoms with Crippen molar-refractivity contribution in [2.45, 2.75) is 12.8 Å². The molecule has 0 radical (unpaired) electrons. The summed E-state index contributed by atoms with van der Waals surface area (Å²) in [6.45, 7) is 2.86. The Morgan fingerprint density at radius 2 is 2.06 bits per heavy atom. The second-order valence-corrected chi connectivity index (χ2v) is 5.03. The lowest BCUT2D eigenvalue weighted by atomic mass is 10.1. The van der Waals surface area contributed by atoms with Gasteiger partial charge in [-0.2, -0.15) is 5.26 Å². The van der Waals surface area contributed by atoms with E-state index in [-0.39, 0.29) is 11.7 Å². The second-order valence-electron chi connectivity index (χ2n) is 4.23. The highest BCUT2D eigenvalue weighted by molar-refractivity contribution is 8.02. The molecule has 1 aliphatic heterocycles. The van der Waals surface area contributed by atoms with Crippen molar-refractivity contribution in [3.05, 3.63) is 10.6 Å². The van der Waals surface area contributed by atoms with E-state index in [0.717, 1.165) is 31.0 Å². The van der Waals surface area contributed by atoms with Crippen molar-refractivity contribution in [2.75, 3.05) is 32.6 Å². The molecule has 5 heteroatoms. The highest BCUT2D eigenvalue weighted by Crippen LogP contribution is 2.35. The minimum atomic E-state index is 0.0309. The monoisotopic (exact) mass is 252 g/mol. The van der Waals surface area contributed by atoms with E-state index < -0.39 is 0 Å². The van der Waals surface area contributed by atoms with Gasteiger partial charge in [0.05, 0.1) is 18.2 Å². The lowest BCUT2D eigenvalue weighted by Crippen LogP contribution is -2.36. The standard InChI is InChI=1S/C12H16N2O2S/c1-17-12(14-4-6-16-7-5-14)10(8-13)11(15)9-2-3-9/h9H,2-7H2,1H3/b12-10+. The van der Waals surface area contributed by atoms with Crippen LogP contribution in [0.2, 0.25) is 0 Å². The predicted octanol–water partition coefficient (Wildman–Crippen LogP) is 1.40. The Morgan fingerprint density at radius 1 is 1.41 bits per heavy atom. The summed E-state index contributed by atoms with van der Waals surface area (Å²) in [6.07, 6.45) is 3.80. The van der Waals surface area contributed by atoms with Crippen LogP contribution >= 0.6 is 11.8 Å². The third kappa shape index (κ3) is 2.82. The third-order valence-electron chi connectivity index (χ3n) is 3.01. The van der Waals surface area contributed by atoms with Gasteiger partial charge in [0.1, 0.15) is 11.6 Å². The summed E-state index contributed by atoms with van der Waals surface area (Å²) in [5, 5.41) is 10.0. The first-order valence-electron chi connectivity index (χ1n) is 5.83. The van der Waals surface area contributed by atoms with Crippen LogP contribution in [0.1, 0.15) is 12.8 Å². The van der Waals surface area contributed by atoms with Crippen LogP contribution in [-0.2, 0) is 9.53 Å². The van der Waals surface area contributed by atoms with Crippen LogP contribution in [-0.4, -0.2) is 43.2 Å². The molecule has 0 atom stereocenters. The van der Waals surface area contributed by atoms with Gasteiger partial charge in [0.2, 0.25) is 0 Å². The maximum atomic E-state index is 12.0. The zero-order chi connectivity index (χ0) is 12.3. The molecule has 0 unspecified atom stereocenters. The number of nitriles is 1. The van der Waals surface area contributed by atoms with Crippen LogP contribution in [0, 0.1) is 17.2 Å². The number of carbonyl (C=O) groups is 1. The molecule has 17 heavy (non-hydrogen) atoms. The van der Waals surface area contributed by atoms with Crippen molar-refractivity contribution in [1.29, 1.82) is 5.26 Å². The van der Waals surface area contributed by atoms with Crippen molar-refractivity contribution in [1.82, 2.24) is 4.90 Å². The number of morpholine rings is 1. The van der Waals surface area contributed by atoms with Crippen LogP contribution < -0.4 is 0 Å². The molecule has 1 heterocycles. The zero-order valence-electron chi connectivity index (χ0n) is 9.94.